The molecule has 30 heavy (non-hydrogen) atoms. The molecule has 1 unspecified atom stereocenters. The number of nitrogens with zero attached hydrogens (tertiary/aromatic N) is 2. The van der Waals surface area contributed by atoms with E-state index in [9.17, 15) is 13.2 Å². The van der Waals surface area contributed by atoms with Crippen LogP contribution >= 0.6 is 0 Å². The van der Waals surface area contributed by atoms with Crippen molar-refractivity contribution < 1.29 is 23.5 Å². The summed E-state index contributed by atoms with van der Waals surface area (Å²) in [5.41, 5.74) is 2.98. The van der Waals surface area contributed by atoms with Crippen LogP contribution in [0.1, 0.15) is 25.3 Å². The molecule has 8 nitrogen and oxygen atoms in total. The second kappa shape index (κ2) is 8.49. The van der Waals surface area contributed by atoms with Gasteiger partial charge >= 0.3 is 0 Å². The third kappa shape index (κ3) is 4.49. The molecular formula is C21H23N3O5S. The van der Waals surface area contributed by atoms with Crippen molar-refractivity contribution in [3.63, 3.8) is 0 Å². The lowest BCUT2D eigenvalue weighted by Gasteiger charge is -2.25. The number of aryl methyl sites for hydroxylation is 1. The maximum absolute atomic E-state index is 12.1. The Kier molecular flexibility index (Phi) is 6.18. The number of rotatable bonds is 6. The lowest BCUT2D eigenvalue weighted by atomic mass is 10.1. The maximum Gasteiger partial charge on any atom is 0.264 e. The Balaban J connectivity index is 1.74. The van der Waals surface area contributed by atoms with Gasteiger partial charge in [-0.3, -0.25) is 14.7 Å². The van der Waals surface area contributed by atoms with Crippen molar-refractivity contribution in [2.24, 2.45) is 11.8 Å². The van der Waals surface area contributed by atoms with Crippen LogP contribution in [0.5, 0.6) is 0 Å². The number of sulfone groups is 1. The molecule has 158 valence electrons. The Bertz CT molecular complexity index is 1200. The number of benzene rings is 1. The first-order valence-corrected chi connectivity index (χ1v) is 11.3. The number of hydrogen-bond acceptors (Lipinski definition) is 6. The minimum atomic E-state index is -3.77. The van der Waals surface area contributed by atoms with Crippen molar-refractivity contribution in [2.75, 3.05) is 12.9 Å². The highest BCUT2D eigenvalue weighted by Crippen LogP contribution is 2.36. The van der Waals surface area contributed by atoms with E-state index in [4.69, 9.17) is 10.3 Å². The van der Waals surface area contributed by atoms with Gasteiger partial charge in [-0.1, -0.05) is 11.8 Å². The molecule has 0 saturated heterocycles. The number of aliphatic hydroxyl groups is 1. The van der Waals surface area contributed by atoms with Crippen LogP contribution in [0.4, 0.5) is 0 Å². The normalized spacial score (nSPS) is 19.7. The number of amides is 1. The number of hydrogen-bond donors (Lipinski definition) is 3. The summed E-state index contributed by atoms with van der Waals surface area (Å²) in [7, 11) is -3.77. The van der Waals surface area contributed by atoms with E-state index in [1.807, 2.05) is 18.2 Å². The van der Waals surface area contributed by atoms with Gasteiger partial charge in [0.1, 0.15) is 0 Å². The molecule has 1 saturated carbocycles. The summed E-state index contributed by atoms with van der Waals surface area (Å²) in [6.45, 7) is 1.62. The molecular weight excluding hydrogens is 406 g/mol. The minimum absolute atomic E-state index is 0.0534. The Morgan fingerprint density at radius 1 is 1.40 bits per heavy atom. The molecule has 3 rings (SSSR count). The number of aromatic nitrogens is 2. The first-order valence-electron chi connectivity index (χ1n) is 9.41. The zero-order valence-electron chi connectivity index (χ0n) is 16.7. The Hall–Kier alpha value is -2.85. The van der Waals surface area contributed by atoms with Crippen LogP contribution in [-0.2, 0) is 21.2 Å². The molecule has 1 aromatic carbocycles. The molecule has 3 N–H and O–H groups in total. The maximum atomic E-state index is 12.1. The van der Waals surface area contributed by atoms with E-state index in [1.54, 1.807) is 10.9 Å². The Labute approximate surface area is 175 Å². The highest BCUT2D eigenvalue weighted by Gasteiger charge is 2.43. The van der Waals surface area contributed by atoms with Crippen LogP contribution in [0.25, 0.3) is 10.9 Å². The number of hydroxylamine groups is 1. The van der Waals surface area contributed by atoms with Crippen molar-refractivity contribution in [1.29, 1.82) is 0 Å². The zero-order valence-corrected chi connectivity index (χ0v) is 17.5. The van der Waals surface area contributed by atoms with Crippen molar-refractivity contribution in [1.82, 2.24) is 15.3 Å². The number of carbonyl (C=O) groups is 1. The van der Waals surface area contributed by atoms with Crippen molar-refractivity contribution >= 4 is 26.6 Å². The summed E-state index contributed by atoms with van der Waals surface area (Å²) in [4.78, 5) is 11.9. The molecule has 0 spiro atoms. The van der Waals surface area contributed by atoms with Crippen LogP contribution in [-0.4, -0.2) is 52.0 Å². The molecule has 1 fully saturated rings. The van der Waals surface area contributed by atoms with Gasteiger partial charge in [-0.25, -0.2) is 13.9 Å². The fraction of sp³-hybridized carbons (Fsp3) is 0.429. The molecule has 1 amide bonds. The number of fused-ring (bicyclic) bond motifs is 1. The van der Waals surface area contributed by atoms with Crippen LogP contribution < -0.4 is 5.48 Å². The van der Waals surface area contributed by atoms with E-state index in [0.717, 1.165) is 29.1 Å². The molecule has 1 aromatic heterocycles. The predicted molar refractivity (Wildman–Crippen MR) is 111 cm³/mol. The van der Waals surface area contributed by atoms with Crippen LogP contribution in [0.2, 0.25) is 0 Å². The summed E-state index contributed by atoms with van der Waals surface area (Å²) in [6.07, 6.45) is 3.48. The Morgan fingerprint density at radius 3 is 2.80 bits per heavy atom. The van der Waals surface area contributed by atoms with Gasteiger partial charge in [0.25, 0.3) is 5.91 Å². The second-order valence-electron chi connectivity index (χ2n) is 7.64. The third-order valence-electron chi connectivity index (χ3n) is 5.53. The summed E-state index contributed by atoms with van der Waals surface area (Å²) < 4.78 is 24.0. The highest BCUT2D eigenvalue weighted by molar-refractivity contribution is 7.92. The van der Waals surface area contributed by atoms with Crippen molar-refractivity contribution in [3.8, 4) is 23.7 Å². The van der Waals surface area contributed by atoms with Gasteiger partial charge in [0.05, 0.1) is 11.7 Å². The number of aliphatic hydroxyl groups excluding tert-OH is 1. The quantitative estimate of drug-likeness (QED) is 0.353. The minimum Gasteiger partial charge on any atom is -0.396 e. The van der Waals surface area contributed by atoms with Crippen LogP contribution in [0.3, 0.4) is 0 Å². The summed E-state index contributed by atoms with van der Waals surface area (Å²) in [6, 6.07) is 5.50. The van der Waals surface area contributed by atoms with E-state index < -0.39 is 20.5 Å². The van der Waals surface area contributed by atoms with Gasteiger partial charge in [-0.2, -0.15) is 5.10 Å². The SMILES string of the molecule is CC(CCn1ncc2cc(C#CC#C[C@@H]3C[C@H]3CO)ccc21)(C(=O)NO)S(C)(=O)=O. The summed E-state index contributed by atoms with van der Waals surface area (Å²) >= 11 is 0. The van der Waals surface area contributed by atoms with Gasteiger partial charge in [0.15, 0.2) is 14.6 Å². The highest BCUT2D eigenvalue weighted by atomic mass is 32.2. The average molecular weight is 429 g/mol. The Morgan fingerprint density at radius 2 is 2.17 bits per heavy atom. The first kappa shape index (κ1) is 21.8. The fourth-order valence-corrected chi connectivity index (χ4v) is 3.95. The summed E-state index contributed by atoms with van der Waals surface area (Å²) in [5.74, 6) is 11.2. The van der Waals surface area contributed by atoms with E-state index in [0.29, 0.717) is 0 Å². The molecule has 0 bridgehead atoms. The summed E-state index contributed by atoms with van der Waals surface area (Å²) in [5, 5.41) is 23.0. The average Bonchev–Trinajstić information content (AvgIpc) is 3.37. The van der Waals surface area contributed by atoms with Crippen LogP contribution in [0.15, 0.2) is 24.4 Å². The predicted octanol–water partition coefficient (Wildman–Crippen LogP) is 0.718. The second-order valence-corrected chi connectivity index (χ2v) is 10.1. The monoisotopic (exact) mass is 429 g/mol. The van der Waals surface area contributed by atoms with Crippen molar-refractivity contribution in [2.45, 2.75) is 31.1 Å². The van der Waals surface area contributed by atoms with Gasteiger partial charge < -0.3 is 5.11 Å². The third-order valence-corrected chi connectivity index (χ3v) is 7.55. The lowest BCUT2D eigenvalue weighted by molar-refractivity contribution is -0.131. The molecule has 0 aliphatic heterocycles. The van der Waals surface area contributed by atoms with E-state index >= 15 is 0 Å². The molecule has 0 radical (unpaired) electrons. The van der Waals surface area contributed by atoms with Crippen molar-refractivity contribution in [3.05, 3.63) is 30.0 Å². The molecule has 1 aliphatic carbocycles. The van der Waals surface area contributed by atoms with Gasteiger partial charge in [-0.05, 0) is 55.7 Å². The molecule has 1 aliphatic rings. The van der Waals surface area contributed by atoms with E-state index in [1.165, 1.54) is 12.4 Å². The lowest BCUT2D eigenvalue weighted by Crippen LogP contribution is -2.49. The van der Waals surface area contributed by atoms with Crippen LogP contribution in [0, 0.1) is 35.5 Å². The molecule has 9 heteroatoms. The fourth-order valence-electron chi connectivity index (χ4n) is 3.11. The number of carbonyl (C=O) groups excluding carboxylic acids is 1. The first-order chi connectivity index (χ1) is 14.2. The van der Waals surface area contributed by atoms with Gasteiger partial charge in [-0.15, -0.1) is 0 Å². The molecule has 2 aromatic rings. The van der Waals surface area contributed by atoms with Gasteiger partial charge in [0, 0.05) is 36.3 Å². The zero-order chi connectivity index (χ0) is 21.9. The van der Waals surface area contributed by atoms with E-state index in [2.05, 4.69) is 28.8 Å². The standard InChI is InChI=1S/C21H23N3O5S/c1-21(20(26)23-27,30(2,28)29)9-10-24-19-8-7-15(11-17(19)13-22-24)5-3-4-6-16-12-18(16)14-25/h7-8,11,13,16,18,25,27H,9-10,12,14H2,1-2H3,(H,23,26)/t16-,18+,21?/m1/s1. The molecule has 1 heterocycles. The smallest absolute Gasteiger partial charge is 0.264 e. The number of nitrogens with one attached hydrogen (secondary N) is 1. The largest absolute Gasteiger partial charge is 0.396 e. The van der Waals surface area contributed by atoms with E-state index in [-0.39, 0.29) is 31.4 Å². The topological polar surface area (TPSA) is 122 Å². The van der Waals surface area contributed by atoms with Gasteiger partial charge in [0.2, 0.25) is 0 Å². The molecule has 3 atom stereocenters.